The van der Waals surface area contributed by atoms with E-state index in [1.54, 1.807) is 0 Å². The number of hydrogen-bond acceptors (Lipinski definition) is 2. The van der Waals surface area contributed by atoms with Crippen molar-refractivity contribution in [3.63, 3.8) is 0 Å². The zero-order valence-corrected chi connectivity index (χ0v) is 14.6. The van der Waals surface area contributed by atoms with Crippen LogP contribution < -0.4 is 0 Å². The summed E-state index contributed by atoms with van der Waals surface area (Å²) < 4.78 is 224. The van der Waals surface area contributed by atoms with Gasteiger partial charge in [0.1, 0.15) is 0 Å². The summed E-state index contributed by atoms with van der Waals surface area (Å²) >= 11 is 0. The van der Waals surface area contributed by atoms with Gasteiger partial charge in [-0.05, 0) is 6.92 Å². The molecule has 1 atom stereocenters. The molecule has 190 valence electrons. The molecule has 0 aliphatic rings. The van der Waals surface area contributed by atoms with E-state index in [1.165, 1.54) is 0 Å². The molecule has 32 heavy (non-hydrogen) atoms. The normalized spacial score (nSPS) is 16.2. The van der Waals surface area contributed by atoms with Crippen LogP contribution >= 0.6 is 0 Å². The van der Waals surface area contributed by atoms with Crippen molar-refractivity contribution < 1.29 is 84.2 Å². The summed E-state index contributed by atoms with van der Waals surface area (Å²) in [4.78, 5) is 10.8. The van der Waals surface area contributed by atoms with Crippen molar-refractivity contribution in [2.24, 2.45) is 0 Å². The van der Waals surface area contributed by atoms with Gasteiger partial charge in [0.15, 0.2) is 0 Å². The van der Waals surface area contributed by atoms with E-state index in [0.717, 1.165) is 0 Å². The van der Waals surface area contributed by atoms with Crippen molar-refractivity contribution in [2.45, 2.75) is 61.2 Å². The molecule has 0 aromatic carbocycles. The third-order valence-electron chi connectivity index (χ3n) is 3.53. The Labute approximate surface area is 165 Å². The highest BCUT2D eigenvalue weighted by atomic mass is 19.4. The predicted octanol–water partition coefficient (Wildman–Crippen LogP) is 6.11. The quantitative estimate of drug-likeness (QED) is 0.198. The molecule has 0 aromatic rings. The highest BCUT2D eigenvalue weighted by Crippen LogP contribution is 2.63. The van der Waals surface area contributed by atoms with Gasteiger partial charge in [-0.2, -0.15) is 65.9 Å². The molecule has 0 amide bonds. The fourth-order valence-corrected chi connectivity index (χ4v) is 1.56. The smallest absolute Gasteiger partial charge is 0.385 e. The standard InChI is InChI=1S/C13H7F17O2/c1-3(2)4(31)32-6(16)8(19,20)10(23,24)12(27,28)13(29,30)11(25,26)9(21,22)7(17,18)5(14)15/h5-6H,1H2,2H3. The summed E-state index contributed by atoms with van der Waals surface area (Å²) in [6, 6.07) is 0. The molecule has 0 bridgehead atoms. The number of halogens is 17. The largest absolute Gasteiger partial charge is 0.421 e. The number of carbonyl (C=O) groups is 1. The van der Waals surface area contributed by atoms with Crippen LogP contribution in [-0.2, 0) is 9.53 Å². The summed E-state index contributed by atoms with van der Waals surface area (Å²) in [6.07, 6.45) is -11.3. The van der Waals surface area contributed by atoms with Crippen molar-refractivity contribution in [1.29, 1.82) is 0 Å². The fraction of sp³-hybridized carbons (Fsp3) is 0.769. The third kappa shape index (κ3) is 3.94. The molecule has 0 aromatic heterocycles. The Bertz CT molecular complexity index is 726. The van der Waals surface area contributed by atoms with Crippen LogP contribution in [0.2, 0.25) is 0 Å². The van der Waals surface area contributed by atoms with Crippen molar-refractivity contribution in [1.82, 2.24) is 0 Å². The van der Waals surface area contributed by atoms with E-state index in [-0.39, 0.29) is 0 Å². The van der Waals surface area contributed by atoms with Gasteiger partial charge in [0.25, 0.3) is 0 Å². The minimum absolute atomic E-state index is 0.528. The van der Waals surface area contributed by atoms with Crippen LogP contribution in [0.1, 0.15) is 6.92 Å². The summed E-state index contributed by atoms with van der Waals surface area (Å²) in [5.74, 6) is -59.6. The molecule has 1 unspecified atom stereocenters. The Morgan fingerprint density at radius 3 is 1.19 bits per heavy atom. The van der Waals surface area contributed by atoms with E-state index >= 15 is 0 Å². The lowest BCUT2D eigenvalue weighted by Gasteiger charge is -2.42. The Hall–Kier alpha value is -1.98. The molecule has 0 aliphatic heterocycles. The van der Waals surface area contributed by atoms with Gasteiger partial charge in [-0.1, -0.05) is 6.58 Å². The minimum Gasteiger partial charge on any atom is -0.421 e. The predicted molar refractivity (Wildman–Crippen MR) is 66.4 cm³/mol. The first-order valence-corrected chi connectivity index (χ1v) is 7.13. The molecule has 19 heteroatoms. The Morgan fingerprint density at radius 1 is 0.625 bits per heavy atom. The first-order valence-electron chi connectivity index (χ1n) is 7.13. The van der Waals surface area contributed by atoms with Crippen molar-refractivity contribution in [2.75, 3.05) is 0 Å². The summed E-state index contributed by atoms with van der Waals surface area (Å²) in [7, 11) is 0. The number of ether oxygens (including phenoxy) is 1. The molecule has 0 heterocycles. The second-order valence-corrected chi connectivity index (χ2v) is 5.92. The Morgan fingerprint density at radius 2 is 0.906 bits per heavy atom. The maximum Gasteiger partial charge on any atom is 0.385 e. The summed E-state index contributed by atoms with van der Waals surface area (Å²) in [6.45, 7) is 3.11. The van der Waals surface area contributed by atoms with E-state index < -0.39 is 65.8 Å². The van der Waals surface area contributed by atoms with Crippen LogP contribution in [0.3, 0.4) is 0 Å². The highest BCUT2D eigenvalue weighted by Gasteiger charge is 2.94. The molecule has 0 radical (unpaired) electrons. The number of alkyl halides is 17. The number of esters is 1. The average molecular weight is 518 g/mol. The van der Waals surface area contributed by atoms with E-state index in [4.69, 9.17) is 0 Å². The van der Waals surface area contributed by atoms with Crippen LogP contribution in [0.4, 0.5) is 74.6 Å². The van der Waals surface area contributed by atoms with Crippen LogP contribution in [0.15, 0.2) is 12.2 Å². The molecule has 0 saturated heterocycles. The second kappa shape index (κ2) is 8.11. The van der Waals surface area contributed by atoms with E-state index in [2.05, 4.69) is 11.3 Å². The number of rotatable bonds is 10. The van der Waals surface area contributed by atoms with Gasteiger partial charge < -0.3 is 4.74 Å². The zero-order chi connectivity index (χ0) is 26.5. The molecular formula is C13H7F17O2. The summed E-state index contributed by atoms with van der Waals surface area (Å²) in [5, 5.41) is 0. The molecule has 0 fully saturated rings. The number of hydrogen-bond donors (Lipinski definition) is 0. The maximum absolute atomic E-state index is 13.4. The molecular weight excluding hydrogens is 511 g/mol. The second-order valence-electron chi connectivity index (χ2n) is 5.92. The van der Waals surface area contributed by atoms with Gasteiger partial charge in [0.2, 0.25) is 0 Å². The Kier molecular flexibility index (Phi) is 7.60. The Balaban J connectivity index is 6.61. The van der Waals surface area contributed by atoms with E-state index in [9.17, 15) is 79.4 Å². The number of carbonyl (C=O) groups excluding carboxylic acids is 1. The van der Waals surface area contributed by atoms with Crippen LogP contribution in [-0.4, -0.2) is 60.2 Å². The van der Waals surface area contributed by atoms with Gasteiger partial charge in [0, 0.05) is 5.57 Å². The van der Waals surface area contributed by atoms with E-state index in [1.807, 2.05) is 0 Å². The average Bonchev–Trinajstić information content (AvgIpc) is 2.59. The van der Waals surface area contributed by atoms with Gasteiger partial charge in [-0.3, -0.25) is 0 Å². The zero-order valence-electron chi connectivity index (χ0n) is 14.6. The SMILES string of the molecule is C=C(C)C(=O)OC(F)C(F)(F)C(F)(F)C(F)(F)C(F)(F)C(F)(F)C(F)(F)C(F)(F)C(F)F. The van der Waals surface area contributed by atoms with Crippen LogP contribution in [0, 0.1) is 0 Å². The topological polar surface area (TPSA) is 26.3 Å². The third-order valence-corrected chi connectivity index (χ3v) is 3.53. The highest BCUT2D eigenvalue weighted by molar-refractivity contribution is 5.87. The van der Waals surface area contributed by atoms with Crippen molar-refractivity contribution in [3.05, 3.63) is 12.2 Å². The first kappa shape index (κ1) is 30.0. The minimum atomic E-state index is -8.66. The fourth-order valence-electron chi connectivity index (χ4n) is 1.56. The van der Waals surface area contributed by atoms with Gasteiger partial charge in [-0.25, -0.2) is 13.6 Å². The molecule has 2 nitrogen and oxygen atoms in total. The lowest BCUT2D eigenvalue weighted by atomic mass is 9.89. The molecule has 0 saturated carbocycles. The first-order chi connectivity index (χ1) is 13.7. The van der Waals surface area contributed by atoms with Gasteiger partial charge >= 0.3 is 60.2 Å². The van der Waals surface area contributed by atoms with Crippen LogP contribution in [0.25, 0.3) is 0 Å². The van der Waals surface area contributed by atoms with E-state index in [0.29, 0.717) is 6.92 Å². The van der Waals surface area contributed by atoms with Crippen LogP contribution in [0.5, 0.6) is 0 Å². The van der Waals surface area contributed by atoms with Crippen molar-refractivity contribution in [3.8, 4) is 0 Å². The monoisotopic (exact) mass is 518 g/mol. The van der Waals surface area contributed by atoms with Gasteiger partial charge in [-0.15, -0.1) is 0 Å². The van der Waals surface area contributed by atoms with Gasteiger partial charge in [0.05, 0.1) is 0 Å². The van der Waals surface area contributed by atoms with Crippen molar-refractivity contribution >= 4 is 5.97 Å². The summed E-state index contributed by atoms with van der Waals surface area (Å²) in [5.41, 5.74) is -1.08. The maximum atomic E-state index is 13.4. The molecule has 0 N–H and O–H groups in total. The lowest BCUT2D eigenvalue weighted by molar-refractivity contribution is -0.453. The molecule has 0 spiro atoms. The molecule has 0 aliphatic carbocycles. The lowest BCUT2D eigenvalue weighted by Crippen LogP contribution is -2.74. The molecule has 0 rings (SSSR count).